The molecule has 146 valence electrons. The summed E-state index contributed by atoms with van der Waals surface area (Å²) in [5.41, 5.74) is 2.49. The zero-order chi connectivity index (χ0) is 19.7. The van der Waals surface area contributed by atoms with Crippen LogP contribution >= 0.6 is 11.3 Å². The van der Waals surface area contributed by atoms with E-state index >= 15 is 0 Å². The van der Waals surface area contributed by atoms with Gasteiger partial charge in [0.05, 0.1) is 11.5 Å². The predicted molar refractivity (Wildman–Crippen MR) is 113 cm³/mol. The van der Waals surface area contributed by atoms with Crippen molar-refractivity contribution in [3.63, 3.8) is 0 Å². The van der Waals surface area contributed by atoms with Crippen molar-refractivity contribution < 1.29 is 13.9 Å². The summed E-state index contributed by atoms with van der Waals surface area (Å²) in [6.45, 7) is 4.59. The molecule has 1 amide bonds. The van der Waals surface area contributed by atoms with Crippen molar-refractivity contribution in [1.29, 1.82) is 0 Å². The first-order chi connectivity index (χ1) is 13.6. The van der Waals surface area contributed by atoms with Crippen LogP contribution in [0, 0.1) is 11.7 Å². The summed E-state index contributed by atoms with van der Waals surface area (Å²) in [6, 6.07) is 12.8. The van der Waals surface area contributed by atoms with Crippen molar-refractivity contribution in [3.8, 4) is 0 Å². The SMILES string of the molecule is COCc1c(C(=O)Nc2ccc(N3CCC(C)C3)cc2)sc2cccc(F)c12. The number of anilines is 2. The van der Waals surface area contributed by atoms with Gasteiger partial charge < -0.3 is 15.0 Å². The van der Waals surface area contributed by atoms with E-state index in [9.17, 15) is 9.18 Å². The lowest BCUT2D eigenvalue weighted by molar-refractivity contribution is 0.102. The number of amides is 1. The highest BCUT2D eigenvalue weighted by molar-refractivity contribution is 7.21. The van der Waals surface area contributed by atoms with Crippen LogP contribution in [0.25, 0.3) is 10.1 Å². The monoisotopic (exact) mass is 398 g/mol. The van der Waals surface area contributed by atoms with Crippen molar-refractivity contribution in [1.82, 2.24) is 0 Å². The number of ether oxygens (including phenoxy) is 1. The minimum atomic E-state index is -0.330. The Morgan fingerprint density at radius 2 is 2.07 bits per heavy atom. The van der Waals surface area contributed by atoms with E-state index in [1.54, 1.807) is 13.2 Å². The fraction of sp³-hybridized carbons (Fsp3) is 0.318. The van der Waals surface area contributed by atoms with Gasteiger partial charge in [-0.2, -0.15) is 0 Å². The molecule has 0 radical (unpaired) electrons. The molecule has 1 atom stereocenters. The van der Waals surface area contributed by atoms with Gasteiger partial charge >= 0.3 is 0 Å². The minimum Gasteiger partial charge on any atom is -0.380 e. The molecule has 3 aromatic rings. The van der Waals surface area contributed by atoms with E-state index in [1.165, 1.54) is 29.5 Å². The van der Waals surface area contributed by atoms with E-state index in [1.807, 2.05) is 30.3 Å². The molecule has 0 saturated carbocycles. The first kappa shape index (κ1) is 18.9. The van der Waals surface area contributed by atoms with Crippen LogP contribution in [0.3, 0.4) is 0 Å². The van der Waals surface area contributed by atoms with E-state index in [0.29, 0.717) is 21.7 Å². The number of fused-ring (bicyclic) bond motifs is 1. The van der Waals surface area contributed by atoms with Crippen LogP contribution in [0.1, 0.15) is 28.6 Å². The van der Waals surface area contributed by atoms with Gasteiger partial charge in [0.1, 0.15) is 5.82 Å². The Balaban J connectivity index is 1.57. The molecule has 2 aromatic carbocycles. The van der Waals surface area contributed by atoms with Gasteiger partial charge in [-0.15, -0.1) is 11.3 Å². The Morgan fingerprint density at radius 1 is 1.29 bits per heavy atom. The number of methoxy groups -OCH3 is 1. The molecule has 0 bridgehead atoms. The highest BCUT2D eigenvalue weighted by atomic mass is 32.1. The molecule has 1 aromatic heterocycles. The van der Waals surface area contributed by atoms with E-state index in [2.05, 4.69) is 17.1 Å². The predicted octanol–water partition coefficient (Wildman–Crippen LogP) is 5.29. The van der Waals surface area contributed by atoms with E-state index in [4.69, 9.17) is 4.74 Å². The van der Waals surface area contributed by atoms with Gasteiger partial charge in [-0.1, -0.05) is 13.0 Å². The van der Waals surface area contributed by atoms with Crippen LogP contribution in [-0.2, 0) is 11.3 Å². The van der Waals surface area contributed by atoms with Gasteiger partial charge in [0.2, 0.25) is 0 Å². The third-order valence-electron chi connectivity index (χ3n) is 5.17. The number of benzene rings is 2. The van der Waals surface area contributed by atoms with Crippen molar-refractivity contribution in [2.24, 2.45) is 5.92 Å². The van der Waals surface area contributed by atoms with E-state index < -0.39 is 0 Å². The number of carbonyl (C=O) groups is 1. The third kappa shape index (κ3) is 3.62. The quantitative estimate of drug-likeness (QED) is 0.635. The lowest BCUT2D eigenvalue weighted by Gasteiger charge is -2.18. The summed E-state index contributed by atoms with van der Waals surface area (Å²) >= 11 is 1.29. The van der Waals surface area contributed by atoms with Crippen LogP contribution < -0.4 is 10.2 Å². The first-order valence-corrected chi connectivity index (χ1v) is 10.2. The lowest BCUT2D eigenvalue weighted by Crippen LogP contribution is -2.19. The van der Waals surface area contributed by atoms with Crippen molar-refractivity contribution in [2.75, 3.05) is 30.4 Å². The molecule has 28 heavy (non-hydrogen) atoms. The highest BCUT2D eigenvalue weighted by Gasteiger charge is 2.21. The molecular weight excluding hydrogens is 375 g/mol. The van der Waals surface area contributed by atoms with Gasteiger partial charge in [-0.3, -0.25) is 4.79 Å². The maximum absolute atomic E-state index is 14.3. The number of nitrogens with one attached hydrogen (secondary N) is 1. The average Bonchev–Trinajstić information content (AvgIpc) is 3.28. The number of thiophene rings is 1. The fourth-order valence-electron chi connectivity index (χ4n) is 3.75. The first-order valence-electron chi connectivity index (χ1n) is 9.42. The number of halogens is 1. The molecule has 4 nitrogen and oxygen atoms in total. The summed E-state index contributed by atoms with van der Waals surface area (Å²) in [7, 11) is 1.55. The summed E-state index contributed by atoms with van der Waals surface area (Å²) in [5.74, 6) is 0.145. The van der Waals surface area contributed by atoms with Crippen LogP contribution in [0.2, 0.25) is 0 Å². The van der Waals surface area contributed by atoms with Crippen molar-refractivity contribution >= 4 is 38.7 Å². The molecule has 1 aliphatic rings. The van der Waals surface area contributed by atoms with Crippen LogP contribution in [-0.4, -0.2) is 26.1 Å². The normalized spacial score (nSPS) is 16.7. The summed E-state index contributed by atoms with van der Waals surface area (Å²) in [6.07, 6.45) is 1.21. The maximum Gasteiger partial charge on any atom is 0.266 e. The molecule has 2 heterocycles. The fourth-order valence-corrected chi connectivity index (χ4v) is 4.86. The Bertz CT molecular complexity index is 1000. The Hall–Kier alpha value is -2.44. The summed E-state index contributed by atoms with van der Waals surface area (Å²) in [4.78, 5) is 15.7. The number of rotatable bonds is 5. The molecule has 0 aliphatic carbocycles. The van der Waals surface area contributed by atoms with Gasteiger partial charge in [-0.05, 0) is 48.7 Å². The molecule has 1 unspecified atom stereocenters. The second-order valence-electron chi connectivity index (χ2n) is 7.30. The van der Waals surface area contributed by atoms with Crippen molar-refractivity contribution in [3.05, 3.63) is 58.7 Å². The van der Waals surface area contributed by atoms with Gasteiger partial charge in [0, 0.05) is 47.2 Å². The molecule has 4 rings (SSSR count). The van der Waals surface area contributed by atoms with Crippen LogP contribution in [0.15, 0.2) is 42.5 Å². The molecule has 6 heteroatoms. The second-order valence-corrected chi connectivity index (χ2v) is 8.35. The summed E-state index contributed by atoms with van der Waals surface area (Å²) < 4.78 is 20.3. The molecule has 1 N–H and O–H groups in total. The van der Waals surface area contributed by atoms with Crippen LogP contribution in [0.4, 0.5) is 15.8 Å². The average molecular weight is 399 g/mol. The third-order valence-corrected chi connectivity index (χ3v) is 6.37. The van der Waals surface area contributed by atoms with E-state index in [0.717, 1.165) is 23.5 Å². The topological polar surface area (TPSA) is 41.6 Å². The Kier molecular flexibility index (Phi) is 5.33. The van der Waals surface area contributed by atoms with Gasteiger partial charge in [0.25, 0.3) is 5.91 Å². The highest BCUT2D eigenvalue weighted by Crippen LogP contribution is 2.34. The van der Waals surface area contributed by atoms with E-state index in [-0.39, 0.29) is 18.3 Å². The largest absolute Gasteiger partial charge is 0.380 e. The molecule has 1 saturated heterocycles. The van der Waals surface area contributed by atoms with Gasteiger partial charge in [0.15, 0.2) is 0 Å². The smallest absolute Gasteiger partial charge is 0.266 e. The molecular formula is C22H23FN2O2S. The second kappa shape index (κ2) is 7.89. The Morgan fingerprint density at radius 3 is 2.75 bits per heavy atom. The molecule has 1 fully saturated rings. The minimum absolute atomic E-state index is 0.190. The summed E-state index contributed by atoms with van der Waals surface area (Å²) in [5, 5.41) is 3.41. The number of carbonyl (C=O) groups excluding carboxylic acids is 1. The number of hydrogen-bond donors (Lipinski definition) is 1. The lowest BCUT2D eigenvalue weighted by atomic mass is 10.1. The van der Waals surface area contributed by atoms with Crippen LogP contribution in [0.5, 0.6) is 0 Å². The number of nitrogens with zero attached hydrogens (tertiary/aromatic N) is 1. The standard InChI is InChI=1S/C22H23FN2O2S/c1-14-10-11-25(12-14)16-8-6-15(7-9-16)24-22(26)21-17(13-27-2)20-18(23)4-3-5-19(20)28-21/h3-9,14H,10-13H2,1-2H3,(H,24,26). The molecule has 0 spiro atoms. The maximum atomic E-state index is 14.3. The zero-order valence-electron chi connectivity index (χ0n) is 16.0. The van der Waals surface area contributed by atoms with Gasteiger partial charge in [-0.25, -0.2) is 4.39 Å². The van der Waals surface area contributed by atoms with Crippen molar-refractivity contribution in [2.45, 2.75) is 20.0 Å². The molecule has 1 aliphatic heterocycles. The Labute approximate surface area is 167 Å². The number of hydrogen-bond acceptors (Lipinski definition) is 4. The zero-order valence-corrected chi connectivity index (χ0v) is 16.8.